The molecule has 27 heavy (non-hydrogen) atoms. The van der Waals surface area contributed by atoms with Gasteiger partial charge in [0.05, 0.1) is 6.04 Å². The Morgan fingerprint density at radius 1 is 1.15 bits per heavy atom. The van der Waals surface area contributed by atoms with E-state index in [9.17, 15) is 0 Å². The summed E-state index contributed by atoms with van der Waals surface area (Å²) in [6, 6.07) is 10.9. The van der Waals surface area contributed by atoms with Crippen LogP contribution in [0.1, 0.15) is 44.1 Å². The first-order valence-corrected chi connectivity index (χ1v) is 9.28. The number of hydrogen-bond acceptors (Lipinski definition) is 5. The van der Waals surface area contributed by atoms with E-state index in [1.54, 1.807) is 6.92 Å². The Morgan fingerprint density at radius 2 is 1.85 bits per heavy atom. The fraction of sp³-hybridized carbons (Fsp3) is 0.526. The predicted molar refractivity (Wildman–Crippen MR) is 119 cm³/mol. The van der Waals surface area contributed by atoms with Crippen LogP contribution in [0.5, 0.6) is 0 Å². The summed E-state index contributed by atoms with van der Waals surface area (Å²) in [6.45, 7) is 12.1. The molecule has 0 radical (unpaired) electrons. The largest absolute Gasteiger partial charge is 0.357 e. The zero-order chi connectivity index (χ0) is 18.8. The first-order chi connectivity index (χ1) is 12.7. The first kappa shape index (κ1) is 23.4. The zero-order valence-electron chi connectivity index (χ0n) is 16.6. The molecule has 0 spiro atoms. The standard InChI is InChI=1S/C19H30N6O.HI/c1-5-20-19(22-14-18-23-15(4)24-26-18)21-13-17(25(6-2)7-3)16-11-9-8-10-12-16;/h8-12,17H,5-7,13-14H2,1-4H3,(H2,20,21,22);1H. The molecule has 0 aliphatic heterocycles. The minimum absolute atomic E-state index is 0. The van der Waals surface area contributed by atoms with Crippen molar-refractivity contribution in [2.45, 2.75) is 40.3 Å². The van der Waals surface area contributed by atoms with Gasteiger partial charge in [0.25, 0.3) is 0 Å². The average Bonchev–Trinajstić information content (AvgIpc) is 3.09. The van der Waals surface area contributed by atoms with Crippen LogP contribution in [0.4, 0.5) is 0 Å². The third-order valence-electron chi connectivity index (χ3n) is 4.19. The van der Waals surface area contributed by atoms with E-state index in [-0.39, 0.29) is 30.0 Å². The number of halogens is 1. The third kappa shape index (κ3) is 7.45. The molecule has 8 heteroatoms. The highest BCUT2D eigenvalue weighted by Crippen LogP contribution is 2.19. The molecular formula is C19H31IN6O. The molecule has 1 unspecified atom stereocenters. The Balaban J connectivity index is 0.00000364. The van der Waals surface area contributed by atoms with E-state index in [1.165, 1.54) is 5.56 Å². The van der Waals surface area contributed by atoms with Crippen LogP contribution in [0.25, 0.3) is 0 Å². The molecule has 0 aliphatic rings. The van der Waals surface area contributed by atoms with Crippen LogP contribution in [0.3, 0.4) is 0 Å². The SMILES string of the molecule is CCNC(=NCc1nc(C)no1)NCC(c1ccccc1)N(CC)CC.I. The monoisotopic (exact) mass is 486 g/mol. The fourth-order valence-corrected chi connectivity index (χ4v) is 2.88. The van der Waals surface area contributed by atoms with Gasteiger partial charge < -0.3 is 15.2 Å². The van der Waals surface area contributed by atoms with Gasteiger partial charge in [-0.1, -0.05) is 49.3 Å². The third-order valence-corrected chi connectivity index (χ3v) is 4.19. The molecule has 2 aromatic rings. The predicted octanol–water partition coefficient (Wildman–Crippen LogP) is 3.13. The van der Waals surface area contributed by atoms with Crippen molar-refractivity contribution in [3.8, 4) is 0 Å². The topological polar surface area (TPSA) is 78.6 Å². The highest BCUT2D eigenvalue weighted by molar-refractivity contribution is 14.0. The number of likely N-dealkylation sites (N-methyl/N-ethyl adjacent to an activating group) is 1. The molecule has 0 amide bonds. The van der Waals surface area contributed by atoms with Crippen molar-refractivity contribution in [2.24, 2.45) is 4.99 Å². The Labute approximate surface area is 179 Å². The summed E-state index contributed by atoms with van der Waals surface area (Å²) in [5.74, 6) is 1.89. The maximum atomic E-state index is 5.13. The minimum atomic E-state index is 0. The molecule has 0 bridgehead atoms. The molecule has 1 atom stereocenters. The van der Waals surface area contributed by atoms with Gasteiger partial charge in [0.15, 0.2) is 11.8 Å². The van der Waals surface area contributed by atoms with E-state index in [2.05, 4.69) is 68.8 Å². The van der Waals surface area contributed by atoms with Gasteiger partial charge in [-0.05, 0) is 32.5 Å². The summed E-state index contributed by atoms with van der Waals surface area (Å²) in [4.78, 5) is 11.2. The van der Waals surface area contributed by atoms with Crippen molar-refractivity contribution in [3.63, 3.8) is 0 Å². The van der Waals surface area contributed by atoms with Gasteiger partial charge >= 0.3 is 0 Å². The van der Waals surface area contributed by atoms with Gasteiger partial charge in [-0.15, -0.1) is 24.0 Å². The van der Waals surface area contributed by atoms with Gasteiger partial charge in [0.1, 0.15) is 6.54 Å². The quantitative estimate of drug-likeness (QED) is 0.322. The lowest BCUT2D eigenvalue weighted by Crippen LogP contribution is -2.43. The number of aromatic nitrogens is 2. The Kier molecular flexibility index (Phi) is 11.0. The average molecular weight is 486 g/mol. The fourth-order valence-electron chi connectivity index (χ4n) is 2.88. The maximum Gasteiger partial charge on any atom is 0.248 e. The lowest BCUT2D eigenvalue weighted by molar-refractivity contribution is 0.219. The number of aryl methyl sites for hydroxylation is 1. The summed E-state index contributed by atoms with van der Waals surface area (Å²) in [6.07, 6.45) is 0. The summed E-state index contributed by atoms with van der Waals surface area (Å²) in [5, 5.41) is 10.5. The van der Waals surface area contributed by atoms with Crippen molar-refractivity contribution >= 4 is 29.9 Å². The van der Waals surface area contributed by atoms with Crippen LogP contribution in [-0.4, -0.2) is 47.2 Å². The highest BCUT2D eigenvalue weighted by atomic mass is 127. The van der Waals surface area contributed by atoms with E-state index in [0.717, 1.165) is 32.1 Å². The van der Waals surface area contributed by atoms with Crippen molar-refractivity contribution in [1.29, 1.82) is 0 Å². The normalized spacial score (nSPS) is 12.6. The molecular weight excluding hydrogens is 455 g/mol. The van der Waals surface area contributed by atoms with Crippen molar-refractivity contribution < 1.29 is 4.52 Å². The minimum Gasteiger partial charge on any atom is -0.357 e. The van der Waals surface area contributed by atoms with Gasteiger partial charge in [-0.2, -0.15) is 4.98 Å². The number of guanidine groups is 1. The van der Waals surface area contributed by atoms with E-state index in [1.807, 2.05) is 13.0 Å². The Morgan fingerprint density at radius 3 is 2.41 bits per heavy atom. The molecule has 1 aromatic heterocycles. The van der Waals surface area contributed by atoms with Gasteiger partial charge in [0.2, 0.25) is 5.89 Å². The smallest absolute Gasteiger partial charge is 0.248 e. The van der Waals surface area contributed by atoms with Gasteiger partial charge in [-0.3, -0.25) is 4.90 Å². The molecule has 0 aliphatic carbocycles. The highest BCUT2D eigenvalue weighted by Gasteiger charge is 2.18. The number of nitrogens with one attached hydrogen (secondary N) is 2. The number of benzene rings is 1. The van der Waals surface area contributed by atoms with Crippen molar-refractivity contribution in [3.05, 3.63) is 47.6 Å². The molecule has 0 fully saturated rings. The van der Waals surface area contributed by atoms with Crippen LogP contribution < -0.4 is 10.6 Å². The van der Waals surface area contributed by atoms with Crippen LogP contribution in [-0.2, 0) is 6.54 Å². The Bertz CT molecular complexity index is 672. The van der Waals surface area contributed by atoms with Gasteiger partial charge in [0, 0.05) is 13.1 Å². The van der Waals surface area contributed by atoms with Crippen molar-refractivity contribution in [1.82, 2.24) is 25.7 Å². The second-order valence-corrected chi connectivity index (χ2v) is 5.96. The Hall–Kier alpha value is -1.68. The van der Waals surface area contributed by atoms with Crippen LogP contribution in [0, 0.1) is 6.92 Å². The van der Waals surface area contributed by atoms with Crippen molar-refractivity contribution in [2.75, 3.05) is 26.2 Å². The first-order valence-electron chi connectivity index (χ1n) is 9.28. The molecule has 7 nitrogen and oxygen atoms in total. The summed E-state index contributed by atoms with van der Waals surface area (Å²) in [5.41, 5.74) is 1.30. The lowest BCUT2D eigenvalue weighted by Gasteiger charge is -2.30. The molecule has 0 saturated carbocycles. The van der Waals surface area contributed by atoms with Crippen LogP contribution >= 0.6 is 24.0 Å². The number of nitrogens with zero attached hydrogens (tertiary/aromatic N) is 4. The number of rotatable bonds is 9. The number of aliphatic imine (C=N–C) groups is 1. The molecule has 2 rings (SSSR count). The lowest BCUT2D eigenvalue weighted by atomic mass is 10.1. The molecule has 0 saturated heterocycles. The van der Waals surface area contributed by atoms with Gasteiger partial charge in [-0.25, -0.2) is 4.99 Å². The summed E-state index contributed by atoms with van der Waals surface area (Å²) in [7, 11) is 0. The second-order valence-electron chi connectivity index (χ2n) is 5.96. The molecule has 1 heterocycles. The molecule has 1 aromatic carbocycles. The molecule has 150 valence electrons. The van der Waals surface area contributed by atoms with Crippen LogP contribution in [0.15, 0.2) is 39.8 Å². The van der Waals surface area contributed by atoms with E-state index in [0.29, 0.717) is 18.3 Å². The van der Waals surface area contributed by atoms with E-state index < -0.39 is 0 Å². The maximum absolute atomic E-state index is 5.13. The second kappa shape index (κ2) is 12.7. The van der Waals surface area contributed by atoms with E-state index >= 15 is 0 Å². The summed E-state index contributed by atoms with van der Waals surface area (Å²) >= 11 is 0. The summed E-state index contributed by atoms with van der Waals surface area (Å²) < 4.78 is 5.13. The van der Waals surface area contributed by atoms with E-state index in [4.69, 9.17) is 4.52 Å². The van der Waals surface area contributed by atoms with Crippen LogP contribution in [0.2, 0.25) is 0 Å². The zero-order valence-corrected chi connectivity index (χ0v) is 18.9. The molecule has 2 N–H and O–H groups in total. The number of hydrogen-bond donors (Lipinski definition) is 2.